The molecule has 0 aliphatic carbocycles. The maximum Gasteiger partial charge on any atom is 0.488 e. The molecule has 0 amide bonds. The number of pyridine rings is 3. The summed E-state index contributed by atoms with van der Waals surface area (Å²) >= 11 is 20.6. The molecule has 3 unspecified atom stereocenters. The highest BCUT2D eigenvalue weighted by Crippen LogP contribution is 2.39. The lowest BCUT2D eigenvalue weighted by Gasteiger charge is -2.17. The highest BCUT2D eigenvalue weighted by Gasteiger charge is 2.25. The molecule has 0 bridgehead atoms. The molecule has 0 saturated carbocycles. The van der Waals surface area contributed by atoms with Crippen LogP contribution in [0.1, 0.15) is 7.43 Å². The van der Waals surface area contributed by atoms with Gasteiger partial charge < -0.3 is 37.8 Å². The third kappa shape index (κ3) is 21.3. The van der Waals surface area contributed by atoms with E-state index in [9.17, 15) is 44.0 Å². The fraction of sp³-hybridized carbons (Fsp3) is 0.0488. The van der Waals surface area contributed by atoms with E-state index >= 15 is 8.78 Å². The van der Waals surface area contributed by atoms with Crippen LogP contribution in [0.25, 0.3) is 83.2 Å². The lowest BCUT2D eigenvalue weighted by Crippen LogP contribution is -2.29. The van der Waals surface area contributed by atoms with Gasteiger partial charge in [0.25, 0.3) is 46.7 Å². The maximum absolute atomic E-state index is 15.7. The number of hydrogen-bond donors (Lipinski definition) is 5. The molecule has 630 valence electrons. The van der Waals surface area contributed by atoms with E-state index in [1.54, 1.807) is 72.8 Å². The molecule has 5 N–H and O–H groups in total. The number of fused-ring (bicyclic) bond motifs is 3. The van der Waals surface area contributed by atoms with Crippen LogP contribution in [0.4, 0.5) is 30.6 Å². The Morgan fingerprint density at radius 3 is 0.975 bits per heavy atom. The molecule has 0 aliphatic heterocycles. The van der Waals surface area contributed by atoms with Crippen molar-refractivity contribution in [2.75, 3.05) is 35.5 Å². The molecule has 0 radical (unpaired) electrons. The summed E-state index contributed by atoms with van der Waals surface area (Å²) < 4.78 is 163. The molecule has 40 heteroatoms. The van der Waals surface area contributed by atoms with Crippen LogP contribution in [0.5, 0.6) is 17.2 Å². The number of halogens is 7. The first kappa shape index (κ1) is 94.4. The average molecular weight is 1900 g/mol. The zero-order valence-electron chi connectivity index (χ0n) is 63.1. The van der Waals surface area contributed by atoms with Gasteiger partial charge in [0.15, 0.2) is 17.5 Å². The third-order valence-corrected chi connectivity index (χ3v) is 23.2. The van der Waals surface area contributed by atoms with Gasteiger partial charge in [-0.15, -0.1) is 0 Å². The molecule has 26 nitrogen and oxygen atoms in total. The molecular weight excluding hydrogens is 1830 g/mol. The van der Waals surface area contributed by atoms with E-state index in [0.717, 1.165) is 11.1 Å². The van der Waals surface area contributed by atoms with Crippen LogP contribution in [0.15, 0.2) is 309 Å². The van der Waals surface area contributed by atoms with Crippen molar-refractivity contribution in [2.45, 2.75) is 22.1 Å². The van der Waals surface area contributed by atoms with Crippen molar-refractivity contribution in [3.05, 3.63) is 329 Å². The predicted molar refractivity (Wildman–Crippen MR) is 485 cm³/mol. The number of hydrogen-bond acceptors (Lipinski definition) is 20. The number of benzene rings is 10. The van der Waals surface area contributed by atoms with Crippen molar-refractivity contribution in [2.24, 2.45) is 0 Å². The van der Waals surface area contributed by atoms with Gasteiger partial charge in [0.1, 0.15) is 53.5 Å². The number of sulfonamides is 3. The number of anilines is 3. The van der Waals surface area contributed by atoms with Crippen molar-refractivity contribution >= 4 is 173 Å². The second-order valence-electron chi connectivity index (χ2n) is 25.1. The molecule has 16 rings (SSSR count). The fourth-order valence-corrected chi connectivity index (χ4v) is 15.9. The molecule has 0 saturated heterocycles. The molecular formula is C82H70BBrCl3F3N9O17P3S3. The monoisotopic (exact) mass is 1890 g/mol. The van der Waals surface area contributed by atoms with Crippen LogP contribution in [0, 0.1) is 17.5 Å². The van der Waals surface area contributed by atoms with Crippen molar-refractivity contribution < 1.29 is 76.3 Å². The molecule has 16 aromatic rings. The van der Waals surface area contributed by atoms with Gasteiger partial charge >= 0.3 is 7.12 Å². The SMILES string of the molecule is C.COc1cc(-c2ccc(-c3ccc(Cl)cc3)cc2)c(F)cc1-n1c(=O)ccc2cc(S(=O)(=O)Nc3ccon3)ccc21.COc1cc(-c2ccc(Cl)cc2)c(F)cc1-n1c(=O)ccc2cc(S(=O)(=O)Nc3ccon3)ccc21.COc1cc(Br)c(F)cc1-n1c(=O)ccc2cc(S(=O)(=O)Nc3ccon3)ccc21.OB(O)c1ccc(Cl)cc1.P.P.P. The summed E-state index contributed by atoms with van der Waals surface area (Å²) in [4.78, 5) is 38.5. The Hall–Kier alpha value is -11.5. The fourth-order valence-electron chi connectivity index (χ4n) is 12.1. The minimum Gasteiger partial charge on any atom is -0.495 e. The van der Waals surface area contributed by atoms with Crippen LogP contribution in [-0.4, -0.2) is 92.9 Å². The van der Waals surface area contributed by atoms with Gasteiger partial charge in [-0.1, -0.05) is 118 Å². The zero-order valence-corrected chi connectivity index (χ0v) is 73.6. The largest absolute Gasteiger partial charge is 0.495 e. The number of methoxy groups -OCH3 is 3. The first-order chi connectivity index (χ1) is 56.5. The maximum atomic E-state index is 15.7. The molecule has 122 heavy (non-hydrogen) atoms. The Kier molecular flexibility index (Phi) is 31.3. The van der Waals surface area contributed by atoms with Crippen LogP contribution in [-0.2, 0) is 30.1 Å². The van der Waals surface area contributed by atoms with Crippen LogP contribution in [0.2, 0.25) is 15.1 Å². The van der Waals surface area contributed by atoms with Crippen LogP contribution >= 0.6 is 80.4 Å². The van der Waals surface area contributed by atoms with E-state index in [2.05, 4.69) is 59.1 Å². The van der Waals surface area contributed by atoms with E-state index in [1.165, 1.54) is 199 Å². The summed E-state index contributed by atoms with van der Waals surface area (Å²) in [5, 5.41) is 30.9. The Balaban J connectivity index is 0.000000195. The minimum atomic E-state index is -3.99. The summed E-state index contributed by atoms with van der Waals surface area (Å²) in [6.07, 6.45) is 3.72. The first-order valence-electron chi connectivity index (χ1n) is 34.3. The molecule has 0 spiro atoms. The van der Waals surface area contributed by atoms with E-state index in [4.69, 9.17) is 59.1 Å². The van der Waals surface area contributed by atoms with Crippen molar-refractivity contribution in [1.82, 2.24) is 29.2 Å². The highest BCUT2D eigenvalue weighted by atomic mass is 79.9. The molecule has 0 fully saturated rings. The van der Waals surface area contributed by atoms with Gasteiger partial charge in [0.05, 0.1) is 74.1 Å². The van der Waals surface area contributed by atoms with E-state index < -0.39 is 71.3 Å². The number of rotatable bonds is 19. The number of nitrogens with one attached hydrogen (secondary N) is 3. The molecule has 6 heterocycles. The Labute approximate surface area is 728 Å². The Bertz CT molecular complexity index is 7010. The highest BCUT2D eigenvalue weighted by molar-refractivity contribution is 9.10. The van der Waals surface area contributed by atoms with Crippen molar-refractivity contribution in [3.8, 4) is 67.7 Å². The van der Waals surface area contributed by atoms with Gasteiger partial charge in [-0.3, -0.25) is 42.3 Å². The van der Waals surface area contributed by atoms with E-state index in [-0.39, 0.29) is 114 Å². The summed E-state index contributed by atoms with van der Waals surface area (Å²) in [7, 11) is -9.06. The summed E-state index contributed by atoms with van der Waals surface area (Å²) in [5.74, 6) is -0.852. The lowest BCUT2D eigenvalue weighted by atomic mass is 9.81. The van der Waals surface area contributed by atoms with Crippen LogP contribution < -0.4 is 50.5 Å². The second-order valence-corrected chi connectivity index (χ2v) is 32.3. The minimum absolute atomic E-state index is 0. The quantitative estimate of drug-likeness (QED) is 0.0371. The van der Waals surface area contributed by atoms with Crippen LogP contribution in [0.3, 0.4) is 0 Å². The Morgan fingerprint density at radius 2 is 0.672 bits per heavy atom. The second kappa shape index (κ2) is 40.5. The topological polar surface area (TPSA) is 351 Å². The smallest absolute Gasteiger partial charge is 0.488 e. The van der Waals surface area contributed by atoms with Crippen molar-refractivity contribution in [1.29, 1.82) is 0 Å². The molecule has 10 aromatic carbocycles. The zero-order chi connectivity index (χ0) is 83.9. The lowest BCUT2D eigenvalue weighted by molar-refractivity contribution is 0.411. The summed E-state index contributed by atoms with van der Waals surface area (Å²) in [5.41, 5.74) is 4.43. The molecule has 3 atom stereocenters. The number of ether oxygens (including phenoxy) is 3. The normalized spacial score (nSPS) is 11.0. The van der Waals surface area contributed by atoms with E-state index in [0.29, 0.717) is 69.9 Å². The molecule has 0 aliphatic rings. The average Bonchev–Trinajstić information content (AvgIpc) is 0.920. The van der Waals surface area contributed by atoms with E-state index in [1.807, 2.05) is 24.3 Å². The molecule has 6 aromatic heterocycles. The summed E-state index contributed by atoms with van der Waals surface area (Å²) in [6.45, 7) is 0. The predicted octanol–water partition coefficient (Wildman–Crippen LogP) is 16.7. The van der Waals surface area contributed by atoms with Gasteiger partial charge in [0, 0.05) is 97.0 Å². The number of nitrogens with zero attached hydrogens (tertiary/aromatic N) is 6. The van der Waals surface area contributed by atoms with Gasteiger partial charge in [-0.05, 0) is 171 Å². The first-order valence-corrected chi connectivity index (χ1v) is 40.7. The van der Waals surface area contributed by atoms with Crippen molar-refractivity contribution in [3.63, 3.8) is 0 Å². The van der Waals surface area contributed by atoms with Gasteiger partial charge in [-0.2, -0.15) is 29.7 Å². The number of aromatic nitrogens is 6. The Morgan fingerprint density at radius 1 is 0.385 bits per heavy atom. The summed E-state index contributed by atoms with van der Waals surface area (Å²) in [6, 6.07) is 60.9. The standard InChI is InChI=1S/C31H21ClFN3O5S.C25H17ClFN3O5S.C19H13BrFN3O5S.C6H6BClO2.CH4.3H3P/c1-40-29-17-25(21-4-2-19(3-5-21)20-6-9-23(32)10-7-20)26(33)18-28(29)36-27-12-11-24(16-22(27)8-13-31(36)37)42(38,39)35-30-14-15-41-34-30;1-34-23-13-19(15-2-5-17(26)6-3-15)20(27)14-22(23)30-21-8-7-18(12-16(21)4-9-25(30)31)36(32,33)29-24-10-11-35-28-24;1-28-17-9-13(20)14(21)10-16(17)24-15-4-3-12(8-11(15)2-5-19(24)25)30(26,27)23-18-6-7-29-22-18;8-6-3-1-5(2-4-6)7(9)10;;;;/h2-18H,1H3,(H,34,35);2-14H,1H3,(H,28,29);2-10H,1H3,(H,22,23);1-4,9-10H;1H4;3*1H3. The third-order valence-electron chi connectivity index (χ3n) is 17.7. The van der Waals surface area contributed by atoms with Gasteiger partial charge in [0.2, 0.25) is 0 Å². The van der Waals surface area contributed by atoms with Gasteiger partial charge in [-0.25, -0.2) is 38.4 Å².